The lowest BCUT2D eigenvalue weighted by Crippen LogP contribution is -2.26. The van der Waals surface area contributed by atoms with Crippen molar-refractivity contribution in [2.75, 3.05) is 5.32 Å². The van der Waals surface area contributed by atoms with Crippen molar-refractivity contribution in [1.29, 1.82) is 0 Å². The van der Waals surface area contributed by atoms with Crippen molar-refractivity contribution < 1.29 is 22.4 Å². The van der Waals surface area contributed by atoms with Gasteiger partial charge in [0.1, 0.15) is 18.2 Å². The average molecular weight is 431 g/mol. The van der Waals surface area contributed by atoms with Crippen LogP contribution in [0.25, 0.3) is 0 Å². The summed E-state index contributed by atoms with van der Waals surface area (Å²) >= 11 is 5.97. The molecule has 154 valence electrons. The number of aryl methyl sites for hydroxylation is 1. The second kappa shape index (κ2) is 7.82. The van der Waals surface area contributed by atoms with Crippen LogP contribution in [0.1, 0.15) is 29.9 Å². The van der Waals surface area contributed by atoms with Crippen LogP contribution in [0.2, 0.25) is 5.02 Å². The van der Waals surface area contributed by atoms with E-state index in [0.717, 1.165) is 10.7 Å². The maximum atomic E-state index is 13.9. The number of benzene rings is 1. The smallest absolute Gasteiger partial charge is 0.291 e. The highest BCUT2D eigenvalue weighted by Crippen LogP contribution is 2.29. The molecule has 2 heterocycles. The molecule has 2 aromatic heterocycles. The topological polar surface area (TPSA) is 77.6 Å². The van der Waals surface area contributed by atoms with Crippen LogP contribution >= 0.6 is 11.6 Å². The van der Waals surface area contributed by atoms with E-state index in [1.54, 1.807) is 0 Å². The van der Waals surface area contributed by atoms with E-state index in [1.807, 2.05) is 0 Å². The number of alkyl halides is 3. The molecule has 0 aliphatic rings. The molecule has 0 bridgehead atoms. The zero-order chi connectivity index (χ0) is 21.3. The van der Waals surface area contributed by atoms with Crippen LogP contribution in [-0.4, -0.2) is 30.5 Å². The summed E-state index contributed by atoms with van der Waals surface area (Å²) in [5.74, 6) is -1.26. The van der Waals surface area contributed by atoms with Crippen LogP contribution in [0.3, 0.4) is 0 Å². The molecule has 1 atom stereocenters. The second-order valence-electron chi connectivity index (χ2n) is 6.24. The maximum absolute atomic E-state index is 13.9. The first kappa shape index (κ1) is 20.8. The molecular formula is C17H15ClF4N6O. The zero-order valence-corrected chi connectivity index (χ0v) is 16.0. The Labute approximate surface area is 167 Å². The molecule has 0 spiro atoms. The number of aromatic nitrogens is 5. The number of nitrogens with one attached hydrogen (secondary N) is 1. The lowest BCUT2D eigenvalue weighted by atomic mass is 10.2. The van der Waals surface area contributed by atoms with E-state index in [2.05, 4.69) is 20.5 Å². The lowest BCUT2D eigenvalue weighted by Gasteiger charge is -2.13. The number of rotatable bonds is 5. The van der Waals surface area contributed by atoms with Gasteiger partial charge in [0.05, 0.1) is 6.54 Å². The van der Waals surface area contributed by atoms with Gasteiger partial charge < -0.3 is 0 Å². The number of carbonyl (C=O) groups is 1. The molecule has 1 N–H and O–H groups in total. The Morgan fingerprint density at radius 1 is 1.31 bits per heavy atom. The normalized spacial score (nSPS) is 12.8. The number of amides is 1. The summed E-state index contributed by atoms with van der Waals surface area (Å²) in [7, 11) is 0. The molecule has 3 rings (SSSR count). The van der Waals surface area contributed by atoms with Crippen LogP contribution in [0.5, 0.6) is 0 Å². The van der Waals surface area contributed by atoms with E-state index in [0.29, 0.717) is 0 Å². The van der Waals surface area contributed by atoms with Crippen molar-refractivity contribution in [1.82, 2.24) is 24.5 Å². The van der Waals surface area contributed by atoms with Crippen molar-refractivity contribution >= 4 is 23.5 Å². The van der Waals surface area contributed by atoms with E-state index < -0.39 is 29.6 Å². The van der Waals surface area contributed by atoms with Crippen molar-refractivity contribution in [2.45, 2.75) is 32.6 Å². The molecular weight excluding hydrogens is 416 g/mol. The number of anilines is 1. The molecule has 7 nitrogen and oxygen atoms in total. The first-order chi connectivity index (χ1) is 13.6. The Kier molecular flexibility index (Phi) is 5.60. The summed E-state index contributed by atoms with van der Waals surface area (Å²) in [5, 5.41) is 10.1. The first-order valence-corrected chi connectivity index (χ1v) is 8.70. The molecule has 1 amide bonds. The van der Waals surface area contributed by atoms with Gasteiger partial charge in [-0.3, -0.25) is 14.8 Å². The standard InChI is InChI=1S/C17H15ClF4N6O/c1-9-6-14(17(20,21)22)25-28(9)10(2)15(29)24-16-23-8-27(26-16)7-11-12(18)4-3-5-13(11)19/h3-6,8,10H,7H2,1-2H3,(H,24,26,29). The van der Waals surface area contributed by atoms with Crippen LogP contribution in [0, 0.1) is 12.7 Å². The molecule has 0 radical (unpaired) electrons. The fraction of sp³-hybridized carbons (Fsp3) is 0.294. The highest BCUT2D eigenvalue weighted by Gasteiger charge is 2.35. The molecule has 1 aromatic carbocycles. The van der Waals surface area contributed by atoms with Gasteiger partial charge in [-0.1, -0.05) is 17.7 Å². The molecule has 0 aliphatic carbocycles. The Balaban J connectivity index is 1.71. The van der Waals surface area contributed by atoms with Crippen molar-refractivity contribution in [3.05, 3.63) is 58.4 Å². The van der Waals surface area contributed by atoms with E-state index in [-0.39, 0.29) is 28.8 Å². The van der Waals surface area contributed by atoms with Gasteiger partial charge >= 0.3 is 6.18 Å². The fourth-order valence-electron chi connectivity index (χ4n) is 2.62. The minimum absolute atomic E-state index is 0.0167. The third-order valence-corrected chi connectivity index (χ3v) is 4.47. The molecule has 29 heavy (non-hydrogen) atoms. The van der Waals surface area contributed by atoms with Crippen molar-refractivity contribution in [3.8, 4) is 0 Å². The van der Waals surface area contributed by atoms with Crippen LogP contribution in [0.4, 0.5) is 23.5 Å². The second-order valence-corrected chi connectivity index (χ2v) is 6.65. The van der Waals surface area contributed by atoms with Gasteiger partial charge in [-0.15, -0.1) is 5.10 Å². The summed E-state index contributed by atoms with van der Waals surface area (Å²) < 4.78 is 54.5. The van der Waals surface area contributed by atoms with Gasteiger partial charge in [0, 0.05) is 16.3 Å². The molecule has 0 fully saturated rings. The van der Waals surface area contributed by atoms with Crippen LogP contribution in [0.15, 0.2) is 30.6 Å². The number of nitrogens with zero attached hydrogens (tertiary/aromatic N) is 5. The van der Waals surface area contributed by atoms with Gasteiger partial charge in [0.2, 0.25) is 5.95 Å². The largest absolute Gasteiger partial charge is 0.435 e. The zero-order valence-electron chi connectivity index (χ0n) is 15.2. The Hall–Kier alpha value is -2.95. The highest BCUT2D eigenvalue weighted by molar-refractivity contribution is 6.31. The van der Waals surface area contributed by atoms with E-state index in [4.69, 9.17) is 11.6 Å². The Morgan fingerprint density at radius 2 is 2.03 bits per heavy atom. The molecule has 0 saturated heterocycles. The predicted molar refractivity (Wildman–Crippen MR) is 95.8 cm³/mol. The van der Waals surface area contributed by atoms with Crippen molar-refractivity contribution in [2.24, 2.45) is 0 Å². The van der Waals surface area contributed by atoms with Gasteiger partial charge in [-0.05, 0) is 32.0 Å². The summed E-state index contributed by atoms with van der Waals surface area (Å²) in [6.07, 6.45) is -3.34. The molecule has 0 saturated carbocycles. The SMILES string of the molecule is Cc1cc(C(F)(F)F)nn1C(C)C(=O)Nc1ncn(Cc2c(F)cccc2Cl)n1. The summed E-state index contributed by atoms with van der Waals surface area (Å²) in [5.41, 5.74) is -0.705. The number of carbonyl (C=O) groups excluding carboxylic acids is 1. The number of halogens is 5. The van der Waals surface area contributed by atoms with E-state index in [9.17, 15) is 22.4 Å². The van der Waals surface area contributed by atoms with Gasteiger partial charge in [-0.2, -0.15) is 18.3 Å². The molecule has 1 unspecified atom stereocenters. The highest BCUT2D eigenvalue weighted by atomic mass is 35.5. The Bertz CT molecular complexity index is 1020. The quantitative estimate of drug-likeness (QED) is 0.624. The lowest BCUT2D eigenvalue weighted by molar-refractivity contribution is -0.141. The number of hydrogen-bond acceptors (Lipinski definition) is 4. The van der Waals surface area contributed by atoms with Crippen molar-refractivity contribution in [3.63, 3.8) is 0 Å². The van der Waals surface area contributed by atoms with Crippen LogP contribution < -0.4 is 5.32 Å². The van der Waals surface area contributed by atoms with Crippen LogP contribution in [-0.2, 0) is 17.5 Å². The van der Waals surface area contributed by atoms with E-state index >= 15 is 0 Å². The first-order valence-electron chi connectivity index (χ1n) is 8.33. The average Bonchev–Trinajstić information content (AvgIpc) is 3.23. The fourth-order valence-corrected chi connectivity index (χ4v) is 2.84. The minimum Gasteiger partial charge on any atom is -0.291 e. The third kappa shape index (κ3) is 4.56. The Morgan fingerprint density at radius 3 is 2.66 bits per heavy atom. The third-order valence-electron chi connectivity index (χ3n) is 4.11. The summed E-state index contributed by atoms with van der Waals surface area (Å²) in [6.45, 7) is 2.79. The summed E-state index contributed by atoms with van der Waals surface area (Å²) in [6, 6.07) is 4.07. The summed E-state index contributed by atoms with van der Waals surface area (Å²) in [4.78, 5) is 16.3. The van der Waals surface area contributed by atoms with E-state index in [1.165, 1.54) is 43.1 Å². The molecule has 12 heteroatoms. The number of hydrogen-bond donors (Lipinski definition) is 1. The van der Waals surface area contributed by atoms with Gasteiger partial charge in [0.25, 0.3) is 5.91 Å². The van der Waals surface area contributed by atoms with Gasteiger partial charge in [0.15, 0.2) is 5.69 Å². The monoisotopic (exact) mass is 430 g/mol. The molecule has 3 aromatic rings. The van der Waals surface area contributed by atoms with Gasteiger partial charge in [-0.25, -0.2) is 14.1 Å². The molecule has 0 aliphatic heterocycles. The maximum Gasteiger partial charge on any atom is 0.435 e. The minimum atomic E-state index is -4.61. The predicted octanol–water partition coefficient (Wildman–Crippen LogP) is 3.84.